The van der Waals surface area contributed by atoms with Crippen LogP contribution in [0.4, 0.5) is 11.6 Å². The first-order valence-electron chi connectivity index (χ1n) is 5.50. The smallest absolute Gasteiger partial charge is 0.128 e. The van der Waals surface area contributed by atoms with Crippen molar-refractivity contribution in [1.82, 2.24) is 4.98 Å². The van der Waals surface area contributed by atoms with E-state index in [9.17, 15) is 0 Å². The quantitative estimate of drug-likeness (QED) is 0.793. The Kier molecular flexibility index (Phi) is 2.55. The molecule has 0 saturated heterocycles. The lowest BCUT2D eigenvalue weighted by atomic mass is 10.1. The second-order valence-corrected chi connectivity index (χ2v) is 4.93. The van der Waals surface area contributed by atoms with Crippen LogP contribution in [0.1, 0.15) is 20.3 Å². The number of anilines is 2. The standard InChI is InChI=1S/C12H19N3/c1-12(2)7-9(12)8-14-11-6-4-5-10(13-3)15-11/h4-6,9H,7-8H2,1-3H3,(H2,13,14,15). The number of nitrogens with zero attached hydrogens (tertiary/aromatic N) is 1. The van der Waals surface area contributed by atoms with Crippen molar-refractivity contribution in [2.45, 2.75) is 20.3 Å². The highest BCUT2D eigenvalue weighted by Crippen LogP contribution is 2.51. The van der Waals surface area contributed by atoms with Gasteiger partial charge in [-0.25, -0.2) is 4.98 Å². The second-order valence-electron chi connectivity index (χ2n) is 4.93. The molecule has 1 atom stereocenters. The number of nitrogens with one attached hydrogen (secondary N) is 2. The van der Waals surface area contributed by atoms with Crippen LogP contribution in [0.5, 0.6) is 0 Å². The predicted molar refractivity (Wildman–Crippen MR) is 64.2 cm³/mol. The van der Waals surface area contributed by atoms with Gasteiger partial charge in [-0.2, -0.15) is 0 Å². The van der Waals surface area contributed by atoms with Gasteiger partial charge in [-0.15, -0.1) is 0 Å². The first-order chi connectivity index (χ1) is 7.12. The molecule has 1 heterocycles. The Balaban J connectivity index is 1.88. The van der Waals surface area contributed by atoms with Gasteiger partial charge in [0, 0.05) is 13.6 Å². The van der Waals surface area contributed by atoms with Crippen LogP contribution in [0.2, 0.25) is 0 Å². The summed E-state index contributed by atoms with van der Waals surface area (Å²) in [6.45, 7) is 5.67. The number of rotatable bonds is 4. The second kappa shape index (κ2) is 3.72. The zero-order valence-corrected chi connectivity index (χ0v) is 9.67. The maximum atomic E-state index is 4.42. The molecule has 2 rings (SSSR count). The molecule has 1 unspecified atom stereocenters. The number of hydrogen-bond acceptors (Lipinski definition) is 3. The van der Waals surface area contributed by atoms with Crippen LogP contribution in [-0.4, -0.2) is 18.6 Å². The van der Waals surface area contributed by atoms with E-state index >= 15 is 0 Å². The summed E-state index contributed by atoms with van der Waals surface area (Å²) in [6.07, 6.45) is 1.33. The Morgan fingerprint density at radius 2 is 2.07 bits per heavy atom. The van der Waals surface area contributed by atoms with E-state index in [-0.39, 0.29) is 0 Å². The molecule has 15 heavy (non-hydrogen) atoms. The third kappa shape index (κ3) is 2.41. The molecule has 1 aromatic heterocycles. The van der Waals surface area contributed by atoms with Crippen LogP contribution in [0.25, 0.3) is 0 Å². The van der Waals surface area contributed by atoms with Gasteiger partial charge in [-0.3, -0.25) is 0 Å². The fourth-order valence-corrected chi connectivity index (χ4v) is 1.82. The summed E-state index contributed by atoms with van der Waals surface area (Å²) in [6, 6.07) is 5.99. The molecule has 1 saturated carbocycles. The Bertz CT molecular complexity index is 346. The van der Waals surface area contributed by atoms with Crippen LogP contribution >= 0.6 is 0 Å². The van der Waals surface area contributed by atoms with Crippen molar-refractivity contribution in [3.8, 4) is 0 Å². The molecule has 1 aliphatic carbocycles. The van der Waals surface area contributed by atoms with Gasteiger partial charge in [0.1, 0.15) is 11.6 Å². The zero-order valence-electron chi connectivity index (χ0n) is 9.67. The summed E-state index contributed by atoms with van der Waals surface area (Å²) >= 11 is 0. The maximum absolute atomic E-state index is 4.42. The topological polar surface area (TPSA) is 37.0 Å². The minimum absolute atomic E-state index is 0.535. The average Bonchev–Trinajstić information content (AvgIpc) is 2.84. The van der Waals surface area contributed by atoms with E-state index in [2.05, 4.69) is 29.5 Å². The maximum Gasteiger partial charge on any atom is 0.128 e. The minimum Gasteiger partial charge on any atom is -0.373 e. The van der Waals surface area contributed by atoms with E-state index < -0.39 is 0 Å². The van der Waals surface area contributed by atoms with Crippen molar-refractivity contribution in [2.75, 3.05) is 24.2 Å². The lowest BCUT2D eigenvalue weighted by Gasteiger charge is -2.08. The van der Waals surface area contributed by atoms with Gasteiger partial charge < -0.3 is 10.6 Å². The third-order valence-corrected chi connectivity index (χ3v) is 3.25. The normalized spacial score (nSPS) is 22.2. The SMILES string of the molecule is CNc1cccc(NCC2CC2(C)C)n1. The molecule has 0 aromatic carbocycles. The molecule has 1 aromatic rings. The van der Waals surface area contributed by atoms with Gasteiger partial charge >= 0.3 is 0 Å². The molecule has 0 bridgehead atoms. The van der Waals surface area contributed by atoms with Crippen molar-refractivity contribution < 1.29 is 0 Å². The molecule has 0 radical (unpaired) electrons. The molecule has 0 aliphatic heterocycles. The lowest BCUT2D eigenvalue weighted by molar-refractivity contribution is 0.573. The molecular formula is C12H19N3. The van der Waals surface area contributed by atoms with Gasteiger partial charge in [0.25, 0.3) is 0 Å². The molecule has 0 spiro atoms. The van der Waals surface area contributed by atoms with Crippen LogP contribution in [0.3, 0.4) is 0 Å². The van der Waals surface area contributed by atoms with Gasteiger partial charge in [0.2, 0.25) is 0 Å². The molecule has 1 fully saturated rings. The molecule has 3 nitrogen and oxygen atoms in total. The van der Waals surface area contributed by atoms with Gasteiger partial charge in [-0.1, -0.05) is 19.9 Å². The molecule has 1 aliphatic rings. The Morgan fingerprint density at radius 1 is 1.40 bits per heavy atom. The highest BCUT2D eigenvalue weighted by molar-refractivity contribution is 5.44. The fraction of sp³-hybridized carbons (Fsp3) is 0.583. The van der Waals surface area contributed by atoms with Crippen LogP contribution in [-0.2, 0) is 0 Å². The van der Waals surface area contributed by atoms with Gasteiger partial charge in [0.15, 0.2) is 0 Å². The molecule has 2 N–H and O–H groups in total. The van der Waals surface area contributed by atoms with Gasteiger partial charge in [-0.05, 0) is 29.9 Å². The van der Waals surface area contributed by atoms with Crippen LogP contribution < -0.4 is 10.6 Å². The van der Waals surface area contributed by atoms with E-state index in [0.717, 1.165) is 24.1 Å². The summed E-state index contributed by atoms with van der Waals surface area (Å²) in [5.41, 5.74) is 0.535. The van der Waals surface area contributed by atoms with Crippen LogP contribution in [0.15, 0.2) is 18.2 Å². The van der Waals surface area contributed by atoms with E-state index in [1.54, 1.807) is 0 Å². The first-order valence-corrected chi connectivity index (χ1v) is 5.50. The van der Waals surface area contributed by atoms with Crippen molar-refractivity contribution in [1.29, 1.82) is 0 Å². The van der Waals surface area contributed by atoms with E-state index in [4.69, 9.17) is 0 Å². The van der Waals surface area contributed by atoms with Crippen LogP contribution in [0, 0.1) is 11.3 Å². The van der Waals surface area contributed by atoms with E-state index in [1.165, 1.54) is 6.42 Å². The largest absolute Gasteiger partial charge is 0.373 e. The highest BCUT2D eigenvalue weighted by atomic mass is 15.1. The van der Waals surface area contributed by atoms with Crippen molar-refractivity contribution >= 4 is 11.6 Å². The summed E-state index contributed by atoms with van der Waals surface area (Å²) < 4.78 is 0. The Morgan fingerprint density at radius 3 is 2.67 bits per heavy atom. The molecule has 0 amide bonds. The number of aromatic nitrogens is 1. The van der Waals surface area contributed by atoms with E-state index in [0.29, 0.717) is 5.41 Å². The fourth-order valence-electron chi connectivity index (χ4n) is 1.82. The molecule has 3 heteroatoms. The van der Waals surface area contributed by atoms with Gasteiger partial charge in [0.05, 0.1) is 0 Å². The minimum atomic E-state index is 0.535. The predicted octanol–water partition coefficient (Wildman–Crippen LogP) is 2.58. The molecular weight excluding hydrogens is 186 g/mol. The van der Waals surface area contributed by atoms with E-state index in [1.807, 2.05) is 25.2 Å². The summed E-state index contributed by atoms with van der Waals surface area (Å²) in [4.78, 5) is 4.42. The summed E-state index contributed by atoms with van der Waals surface area (Å²) in [7, 11) is 1.89. The Labute approximate surface area is 91.3 Å². The molecule has 82 valence electrons. The van der Waals surface area contributed by atoms with Crippen molar-refractivity contribution in [2.24, 2.45) is 11.3 Å². The summed E-state index contributed by atoms with van der Waals surface area (Å²) in [5.74, 6) is 2.68. The lowest BCUT2D eigenvalue weighted by Crippen LogP contribution is -2.08. The van der Waals surface area contributed by atoms with Crippen molar-refractivity contribution in [3.63, 3.8) is 0 Å². The highest BCUT2D eigenvalue weighted by Gasteiger charge is 2.44. The monoisotopic (exact) mass is 205 g/mol. The average molecular weight is 205 g/mol. The first kappa shape index (κ1) is 10.3. The van der Waals surface area contributed by atoms with Crippen molar-refractivity contribution in [3.05, 3.63) is 18.2 Å². The Hall–Kier alpha value is -1.25. The zero-order chi connectivity index (χ0) is 10.9. The number of pyridine rings is 1. The third-order valence-electron chi connectivity index (χ3n) is 3.25. The summed E-state index contributed by atoms with van der Waals surface area (Å²) in [5, 5.41) is 6.42. The number of hydrogen-bond donors (Lipinski definition) is 2.